The molecule has 1 aliphatic rings. The lowest BCUT2D eigenvalue weighted by molar-refractivity contribution is -0.117. The second-order valence-corrected chi connectivity index (χ2v) is 3.63. The summed E-state index contributed by atoms with van der Waals surface area (Å²) in [7, 11) is 0. The van der Waals surface area contributed by atoms with Crippen LogP contribution in [0.2, 0.25) is 0 Å². The zero-order valence-electron chi connectivity index (χ0n) is 8.28. The summed E-state index contributed by atoms with van der Waals surface area (Å²) in [4.78, 5) is 12.7. The van der Waals surface area contributed by atoms with E-state index in [0.29, 0.717) is 0 Å². The van der Waals surface area contributed by atoms with E-state index >= 15 is 0 Å². The van der Waals surface area contributed by atoms with Crippen LogP contribution in [0.5, 0.6) is 0 Å². The van der Waals surface area contributed by atoms with Crippen LogP contribution in [0.25, 0.3) is 0 Å². The number of halogens is 2. The molecule has 0 radical (unpaired) electrons. The molecule has 1 amide bonds. The summed E-state index contributed by atoms with van der Waals surface area (Å²) in [5.74, 6) is -2.20. The molecule has 1 aromatic carbocycles. The molecule has 1 unspecified atom stereocenters. The maximum Gasteiger partial charge on any atom is 0.228 e. The van der Waals surface area contributed by atoms with Gasteiger partial charge in [-0.05, 0) is 12.1 Å². The lowest BCUT2D eigenvalue weighted by Crippen LogP contribution is -2.25. The fraction of sp³-hybridized carbons (Fsp3) is 0.273. The highest BCUT2D eigenvalue weighted by Gasteiger charge is 2.31. The molecule has 0 aromatic heterocycles. The summed E-state index contributed by atoms with van der Waals surface area (Å²) < 4.78 is 26.1. The van der Waals surface area contributed by atoms with Crippen molar-refractivity contribution in [3.63, 3.8) is 0 Å². The molecular weight excluding hydrogens is 214 g/mol. The number of carbonyl (C=O) groups excluding carboxylic acids is 1. The Hall–Kier alpha value is -1.96. The third kappa shape index (κ3) is 1.74. The molecule has 0 bridgehead atoms. The van der Waals surface area contributed by atoms with Crippen LogP contribution in [-0.2, 0) is 4.79 Å². The fourth-order valence-corrected chi connectivity index (χ4v) is 1.73. The van der Waals surface area contributed by atoms with Gasteiger partial charge >= 0.3 is 0 Å². The number of nitrogens with zero attached hydrogens (tertiary/aromatic N) is 2. The average Bonchev–Trinajstić information content (AvgIpc) is 2.60. The van der Waals surface area contributed by atoms with Gasteiger partial charge in [0.25, 0.3) is 0 Å². The van der Waals surface area contributed by atoms with Crippen molar-refractivity contribution >= 4 is 11.6 Å². The predicted octanol–water partition coefficient (Wildman–Crippen LogP) is 1.84. The van der Waals surface area contributed by atoms with Gasteiger partial charge in [0.2, 0.25) is 5.91 Å². The third-order valence-electron chi connectivity index (χ3n) is 2.51. The molecule has 1 atom stereocenters. The first-order valence-electron chi connectivity index (χ1n) is 4.77. The Labute approximate surface area is 90.9 Å². The minimum absolute atomic E-state index is 0.0316. The second kappa shape index (κ2) is 3.89. The Morgan fingerprint density at radius 3 is 2.75 bits per heavy atom. The van der Waals surface area contributed by atoms with Crippen LogP contribution < -0.4 is 4.90 Å². The van der Waals surface area contributed by atoms with Gasteiger partial charge in [-0.15, -0.1) is 0 Å². The fourth-order valence-electron chi connectivity index (χ4n) is 1.73. The van der Waals surface area contributed by atoms with Crippen LogP contribution in [0.4, 0.5) is 14.5 Å². The van der Waals surface area contributed by atoms with Crippen LogP contribution in [0.3, 0.4) is 0 Å². The smallest absolute Gasteiger partial charge is 0.228 e. The zero-order valence-corrected chi connectivity index (χ0v) is 8.28. The van der Waals surface area contributed by atoms with Gasteiger partial charge in [-0.3, -0.25) is 4.79 Å². The van der Waals surface area contributed by atoms with Crippen molar-refractivity contribution in [1.82, 2.24) is 0 Å². The maximum absolute atomic E-state index is 13.4. The van der Waals surface area contributed by atoms with Crippen molar-refractivity contribution in [2.75, 3.05) is 11.4 Å². The summed E-state index contributed by atoms with van der Waals surface area (Å²) in [6.07, 6.45) is 0.0906. The monoisotopic (exact) mass is 222 g/mol. The van der Waals surface area contributed by atoms with Crippen molar-refractivity contribution in [1.29, 1.82) is 5.26 Å². The Bertz CT molecular complexity index is 481. The van der Waals surface area contributed by atoms with Gasteiger partial charge in [-0.1, -0.05) is 0 Å². The van der Waals surface area contributed by atoms with Gasteiger partial charge < -0.3 is 4.90 Å². The van der Waals surface area contributed by atoms with E-state index in [1.807, 2.05) is 6.07 Å². The molecule has 0 spiro atoms. The minimum atomic E-state index is -0.785. The van der Waals surface area contributed by atoms with E-state index in [2.05, 4.69) is 0 Å². The SMILES string of the molecule is N#CC1CC(=O)N(c2ccc(F)cc2F)C1. The first-order chi connectivity index (χ1) is 7.61. The number of benzene rings is 1. The highest BCUT2D eigenvalue weighted by Crippen LogP contribution is 2.27. The lowest BCUT2D eigenvalue weighted by atomic mass is 10.1. The van der Waals surface area contributed by atoms with Crippen LogP contribution in [-0.4, -0.2) is 12.5 Å². The highest BCUT2D eigenvalue weighted by molar-refractivity contribution is 5.96. The largest absolute Gasteiger partial charge is 0.308 e. The number of amides is 1. The van der Waals surface area contributed by atoms with Gasteiger partial charge in [-0.25, -0.2) is 8.78 Å². The molecule has 16 heavy (non-hydrogen) atoms. The quantitative estimate of drug-likeness (QED) is 0.727. The second-order valence-electron chi connectivity index (χ2n) is 3.63. The van der Waals surface area contributed by atoms with Gasteiger partial charge in [0.1, 0.15) is 11.6 Å². The lowest BCUT2D eigenvalue weighted by Gasteiger charge is -2.16. The predicted molar refractivity (Wildman–Crippen MR) is 52.4 cm³/mol. The van der Waals surface area contributed by atoms with Crippen LogP contribution in [0, 0.1) is 28.9 Å². The number of rotatable bonds is 1. The van der Waals surface area contributed by atoms with Gasteiger partial charge in [0.05, 0.1) is 17.7 Å². The van der Waals surface area contributed by atoms with E-state index in [1.54, 1.807) is 0 Å². The molecule has 82 valence electrons. The van der Waals surface area contributed by atoms with E-state index in [4.69, 9.17) is 5.26 Å². The molecule has 1 aromatic rings. The number of anilines is 1. The van der Waals surface area contributed by atoms with Crippen molar-refractivity contribution in [3.8, 4) is 6.07 Å². The molecule has 0 saturated carbocycles. The van der Waals surface area contributed by atoms with E-state index in [1.165, 1.54) is 11.0 Å². The Morgan fingerprint density at radius 2 is 2.19 bits per heavy atom. The highest BCUT2D eigenvalue weighted by atomic mass is 19.1. The maximum atomic E-state index is 13.4. The van der Waals surface area contributed by atoms with E-state index in [-0.39, 0.29) is 24.6 Å². The summed E-state index contributed by atoms with van der Waals surface area (Å²) in [6.45, 7) is 0.165. The van der Waals surface area contributed by atoms with Crippen molar-refractivity contribution in [2.45, 2.75) is 6.42 Å². The standard InChI is InChI=1S/C11H8F2N2O/c12-8-1-2-10(9(13)4-8)15-6-7(5-14)3-11(15)16/h1-2,4,7H,3,6H2. The number of nitriles is 1. The molecule has 3 nitrogen and oxygen atoms in total. The van der Waals surface area contributed by atoms with E-state index < -0.39 is 17.6 Å². The van der Waals surface area contributed by atoms with Gasteiger partial charge in [0.15, 0.2) is 0 Å². The number of hydrogen-bond donors (Lipinski definition) is 0. The van der Waals surface area contributed by atoms with Crippen molar-refractivity contribution < 1.29 is 13.6 Å². The molecular formula is C11H8F2N2O. The number of hydrogen-bond acceptors (Lipinski definition) is 2. The molecule has 2 rings (SSSR count). The Kier molecular flexibility index (Phi) is 2.57. The topological polar surface area (TPSA) is 44.1 Å². The van der Waals surface area contributed by atoms with Gasteiger partial charge in [-0.2, -0.15) is 5.26 Å². The van der Waals surface area contributed by atoms with Crippen LogP contribution in [0.1, 0.15) is 6.42 Å². The number of carbonyl (C=O) groups is 1. The average molecular weight is 222 g/mol. The third-order valence-corrected chi connectivity index (χ3v) is 2.51. The molecule has 0 N–H and O–H groups in total. The minimum Gasteiger partial charge on any atom is -0.308 e. The summed E-state index contributed by atoms with van der Waals surface area (Å²) >= 11 is 0. The van der Waals surface area contributed by atoms with Crippen LogP contribution >= 0.6 is 0 Å². The molecule has 1 aliphatic heterocycles. The van der Waals surface area contributed by atoms with Crippen molar-refractivity contribution in [2.24, 2.45) is 5.92 Å². The molecule has 1 heterocycles. The molecule has 1 saturated heterocycles. The van der Waals surface area contributed by atoms with Crippen molar-refractivity contribution in [3.05, 3.63) is 29.8 Å². The van der Waals surface area contributed by atoms with Gasteiger partial charge in [0, 0.05) is 19.0 Å². The molecule has 0 aliphatic carbocycles. The summed E-state index contributed by atoms with van der Waals surface area (Å²) in [5.41, 5.74) is 0.0316. The van der Waals surface area contributed by atoms with E-state index in [0.717, 1.165) is 12.1 Å². The Morgan fingerprint density at radius 1 is 1.44 bits per heavy atom. The zero-order chi connectivity index (χ0) is 11.7. The Balaban J connectivity index is 2.32. The first-order valence-corrected chi connectivity index (χ1v) is 4.77. The molecule has 1 fully saturated rings. The molecule has 5 heteroatoms. The van der Waals surface area contributed by atoms with E-state index in [9.17, 15) is 13.6 Å². The normalized spacial score (nSPS) is 19.9. The summed E-state index contributed by atoms with van der Waals surface area (Å²) in [5, 5.41) is 8.68. The first kappa shape index (κ1) is 10.6. The summed E-state index contributed by atoms with van der Waals surface area (Å²) in [6, 6.07) is 4.99. The van der Waals surface area contributed by atoms with Crippen LogP contribution in [0.15, 0.2) is 18.2 Å².